The van der Waals surface area contributed by atoms with Crippen LogP contribution in [0.15, 0.2) is 61.2 Å². The van der Waals surface area contributed by atoms with Gasteiger partial charge < -0.3 is 15.5 Å². The lowest BCUT2D eigenvalue weighted by Crippen LogP contribution is -2.36. The van der Waals surface area contributed by atoms with Crippen molar-refractivity contribution in [3.63, 3.8) is 0 Å². The van der Waals surface area contributed by atoms with E-state index in [1.165, 1.54) is 17.5 Å². The molecule has 2 N–H and O–H groups in total. The van der Waals surface area contributed by atoms with Crippen LogP contribution in [-0.4, -0.2) is 34.9 Å². The SMILES string of the molecule is Nc1cccc(N2CC(C(=O)N3CCc4cc(Cc5cncnc5)ccc43)CC2=O)c1. The second kappa shape index (κ2) is 7.83. The quantitative estimate of drug-likeness (QED) is 0.664. The van der Waals surface area contributed by atoms with Crippen LogP contribution in [0.25, 0.3) is 0 Å². The van der Waals surface area contributed by atoms with Crippen LogP contribution in [0.3, 0.4) is 0 Å². The van der Waals surface area contributed by atoms with Crippen molar-refractivity contribution in [2.24, 2.45) is 5.92 Å². The maximum Gasteiger partial charge on any atom is 0.232 e. The van der Waals surface area contributed by atoms with Gasteiger partial charge in [0.1, 0.15) is 6.33 Å². The number of carbonyl (C=O) groups excluding carboxylic acids is 2. The topological polar surface area (TPSA) is 92.4 Å². The van der Waals surface area contributed by atoms with Crippen LogP contribution in [0.5, 0.6) is 0 Å². The first kappa shape index (κ1) is 19.2. The fraction of sp³-hybridized carbons (Fsp3) is 0.250. The smallest absolute Gasteiger partial charge is 0.232 e. The van der Waals surface area contributed by atoms with E-state index < -0.39 is 0 Å². The summed E-state index contributed by atoms with van der Waals surface area (Å²) in [6.07, 6.45) is 6.97. The van der Waals surface area contributed by atoms with Crippen molar-refractivity contribution in [3.05, 3.63) is 77.9 Å². The summed E-state index contributed by atoms with van der Waals surface area (Å²) in [5, 5.41) is 0. The highest BCUT2D eigenvalue weighted by molar-refractivity contribution is 6.05. The fourth-order valence-electron chi connectivity index (χ4n) is 4.49. The molecule has 7 nitrogen and oxygen atoms in total. The van der Waals surface area contributed by atoms with Gasteiger partial charge in [0.25, 0.3) is 0 Å². The van der Waals surface area contributed by atoms with Crippen LogP contribution in [0, 0.1) is 5.92 Å². The maximum atomic E-state index is 13.3. The first-order chi connectivity index (χ1) is 15.1. The minimum Gasteiger partial charge on any atom is -0.399 e. The van der Waals surface area contributed by atoms with Gasteiger partial charge in [-0.1, -0.05) is 18.2 Å². The second-order valence-electron chi connectivity index (χ2n) is 8.13. The van der Waals surface area contributed by atoms with Crippen LogP contribution in [0.2, 0.25) is 0 Å². The Kier molecular flexibility index (Phi) is 4.86. The summed E-state index contributed by atoms with van der Waals surface area (Å²) in [7, 11) is 0. The fourth-order valence-corrected chi connectivity index (χ4v) is 4.49. The molecule has 2 aliphatic rings. The van der Waals surface area contributed by atoms with Gasteiger partial charge >= 0.3 is 0 Å². The molecule has 156 valence electrons. The van der Waals surface area contributed by atoms with Crippen molar-refractivity contribution in [1.82, 2.24) is 9.97 Å². The van der Waals surface area contributed by atoms with Gasteiger partial charge in [-0.15, -0.1) is 0 Å². The van der Waals surface area contributed by atoms with E-state index in [-0.39, 0.29) is 24.2 Å². The first-order valence-corrected chi connectivity index (χ1v) is 10.4. The summed E-state index contributed by atoms with van der Waals surface area (Å²) in [6, 6.07) is 13.5. The number of rotatable bonds is 4. The lowest BCUT2D eigenvalue weighted by atomic mass is 10.0. The van der Waals surface area contributed by atoms with E-state index in [9.17, 15) is 9.59 Å². The zero-order valence-electron chi connectivity index (χ0n) is 17.1. The number of benzene rings is 2. The van der Waals surface area contributed by atoms with Gasteiger partial charge in [-0.3, -0.25) is 9.59 Å². The van der Waals surface area contributed by atoms with Gasteiger partial charge in [0.2, 0.25) is 11.8 Å². The molecular formula is C24H23N5O2. The standard InChI is InChI=1S/C24H23N5O2/c25-20-2-1-3-21(11-20)29-14-19(10-23(29)30)24(31)28-7-6-18-9-16(4-5-22(18)28)8-17-12-26-15-27-13-17/h1-5,9,11-13,15,19H,6-8,10,14,25H2. The molecule has 5 rings (SSSR count). The number of hydrogen-bond donors (Lipinski definition) is 1. The van der Waals surface area contributed by atoms with Crippen LogP contribution in [0.4, 0.5) is 17.1 Å². The number of anilines is 3. The Hall–Kier alpha value is -3.74. The molecule has 2 aromatic carbocycles. The first-order valence-electron chi connectivity index (χ1n) is 10.4. The monoisotopic (exact) mass is 413 g/mol. The van der Waals surface area contributed by atoms with Gasteiger partial charge in [-0.25, -0.2) is 9.97 Å². The van der Waals surface area contributed by atoms with Crippen molar-refractivity contribution in [3.8, 4) is 0 Å². The van der Waals surface area contributed by atoms with Crippen LogP contribution in [0.1, 0.15) is 23.1 Å². The highest BCUT2D eigenvalue weighted by Crippen LogP contribution is 2.33. The Bertz CT molecular complexity index is 1150. The second-order valence-corrected chi connectivity index (χ2v) is 8.13. The lowest BCUT2D eigenvalue weighted by molar-refractivity contribution is -0.124. The predicted molar refractivity (Wildman–Crippen MR) is 119 cm³/mol. The summed E-state index contributed by atoms with van der Waals surface area (Å²) in [5.41, 5.74) is 11.6. The number of nitrogens with zero attached hydrogens (tertiary/aromatic N) is 4. The van der Waals surface area contributed by atoms with Gasteiger partial charge in [-0.2, -0.15) is 0 Å². The number of nitrogens with two attached hydrogens (primary N) is 1. The van der Waals surface area contributed by atoms with Crippen molar-refractivity contribution in [2.75, 3.05) is 28.6 Å². The molecule has 0 bridgehead atoms. The molecule has 2 amide bonds. The van der Waals surface area contributed by atoms with Gasteiger partial charge in [0, 0.05) is 55.4 Å². The molecule has 1 fully saturated rings. The Labute approximate surface area is 180 Å². The molecular weight excluding hydrogens is 390 g/mol. The normalized spacial score (nSPS) is 17.8. The van der Waals surface area contributed by atoms with E-state index >= 15 is 0 Å². The van der Waals surface area contributed by atoms with E-state index in [0.717, 1.165) is 29.8 Å². The van der Waals surface area contributed by atoms with Crippen molar-refractivity contribution in [1.29, 1.82) is 0 Å². The van der Waals surface area contributed by atoms with E-state index in [2.05, 4.69) is 22.1 Å². The number of hydrogen-bond acceptors (Lipinski definition) is 5. The number of carbonyl (C=O) groups is 2. The van der Waals surface area contributed by atoms with E-state index in [0.29, 0.717) is 18.8 Å². The molecule has 0 aliphatic carbocycles. The Balaban J connectivity index is 1.31. The zero-order valence-corrected chi connectivity index (χ0v) is 17.1. The van der Waals surface area contributed by atoms with Crippen molar-refractivity contribution < 1.29 is 9.59 Å². The highest BCUT2D eigenvalue weighted by atomic mass is 16.2. The highest BCUT2D eigenvalue weighted by Gasteiger charge is 2.39. The van der Waals surface area contributed by atoms with E-state index in [1.54, 1.807) is 17.0 Å². The number of aromatic nitrogens is 2. The molecule has 7 heteroatoms. The molecule has 0 radical (unpaired) electrons. The third kappa shape index (κ3) is 3.74. The summed E-state index contributed by atoms with van der Waals surface area (Å²) in [4.78, 5) is 37.5. The lowest BCUT2D eigenvalue weighted by Gasteiger charge is -2.22. The molecule has 3 heterocycles. The molecule has 1 aromatic heterocycles. The molecule has 0 saturated carbocycles. The Morgan fingerprint density at radius 3 is 2.74 bits per heavy atom. The molecule has 1 atom stereocenters. The number of amides is 2. The molecule has 2 aliphatic heterocycles. The average Bonchev–Trinajstić information content (AvgIpc) is 3.37. The molecule has 31 heavy (non-hydrogen) atoms. The van der Waals surface area contributed by atoms with Crippen LogP contribution >= 0.6 is 0 Å². The largest absolute Gasteiger partial charge is 0.399 e. The predicted octanol–water partition coefficient (Wildman–Crippen LogP) is 2.59. The summed E-state index contributed by atoms with van der Waals surface area (Å²) >= 11 is 0. The van der Waals surface area contributed by atoms with Crippen molar-refractivity contribution >= 4 is 28.9 Å². The molecule has 3 aromatic rings. The number of fused-ring (bicyclic) bond motifs is 1. The van der Waals surface area contributed by atoms with E-state index in [1.807, 2.05) is 35.5 Å². The molecule has 1 saturated heterocycles. The minimum absolute atomic E-state index is 0.0164. The average molecular weight is 413 g/mol. The van der Waals surface area contributed by atoms with Crippen LogP contribution < -0.4 is 15.5 Å². The summed E-state index contributed by atoms with van der Waals surface area (Å²) < 4.78 is 0. The van der Waals surface area contributed by atoms with E-state index in [4.69, 9.17) is 5.73 Å². The molecule has 0 spiro atoms. The maximum absolute atomic E-state index is 13.3. The Morgan fingerprint density at radius 2 is 1.94 bits per heavy atom. The minimum atomic E-state index is -0.346. The van der Waals surface area contributed by atoms with Gasteiger partial charge in [0.15, 0.2) is 0 Å². The van der Waals surface area contributed by atoms with Crippen molar-refractivity contribution in [2.45, 2.75) is 19.3 Å². The van der Waals surface area contributed by atoms with Crippen LogP contribution in [-0.2, 0) is 22.4 Å². The summed E-state index contributed by atoms with van der Waals surface area (Å²) in [6.45, 7) is 1.04. The molecule has 1 unspecified atom stereocenters. The third-order valence-electron chi connectivity index (χ3n) is 5.98. The third-order valence-corrected chi connectivity index (χ3v) is 5.98. The Morgan fingerprint density at radius 1 is 1.10 bits per heavy atom. The van der Waals surface area contributed by atoms with Gasteiger partial charge in [0.05, 0.1) is 5.92 Å². The summed E-state index contributed by atoms with van der Waals surface area (Å²) in [5.74, 6) is -0.368. The van der Waals surface area contributed by atoms with Gasteiger partial charge in [-0.05, 0) is 47.4 Å². The zero-order chi connectivity index (χ0) is 21.4. The number of nitrogen functional groups attached to an aromatic ring is 1.